The fourth-order valence-corrected chi connectivity index (χ4v) is 10.5. The van der Waals surface area contributed by atoms with Gasteiger partial charge in [0.15, 0.2) is 5.58 Å². The number of anilines is 3. The summed E-state index contributed by atoms with van der Waals surface area (Å²) in [4.78, 5) is 2.37. The van der Waals surface area contributed by atoms with E-state index in [9.17, 15) is 0 Å². The number of nitrogens with zero attached hydrogens (tertiary/aromatic N) is 1. The Morgan fingerprint density at radius 2 is 0.871 bits per heavy atom. The highest BCUT2D eigenvalue weighted by Gasteiger charge is 2.25. The lowest BCUT2D eigenvalue weighted by molar-refractivity contribution is 0.668. The van der Waals surface area contributed by atoms with Crippen LogP contribution in [-0.4, -0.2) is 0 Å². The molecule has 0 aliphatic carbocycles. The molecule has 10 aromatic carbocycles. The Balaban J connectivity index is 1.02. The molecule has 0 atom stereocenters. The van der Waals surface area contributed by atoms with Crippen molar-refractivity contribution in [2.45, 2.75) is 0 Å². The predicted molar refractivity (Wildman–Crippen MR) is 262 cm³/mol. The van der Waals surface area contributed by atoms with Crippen molar-refractivity contribution in [1.29, 1.82) is 0 Å². The van der Waals surface area contributed by atoms with Gasteiger partial charge in [-0.1, -0.05) is 133 Å². The minimum absolute atomic E-state index is 0.825. The molecule has 3 heterocycles. The zero-order valence-electron chi connectivity index (χ0n) is 33.4. The molecule has 0 aliphatic heterocycles. The summed E-state index contributed by atoms with van der Waals surface area (Å²) < 4.78 is 16.0. The van der Waals surface area contributed by atoms with Gasteiger partial charge in [0.2, 0.25) is 0 Å². The summed E-state index contributed by atoms with van der Waals surface area (Å²) in [6.45, 7) is 0. The fourth-order valence-electron chi connectivity index (χ4n) is 9.41. The van der Waals surface area contributed by atoms with Crippen molar-refractivity contribution >= 4 is 103 Å². The highest BCUT2D eigenvalue weighted by atomic mass is 32.1. The van der Waals surface area contributed by atoms with Gasteiger partial charge >= 0.3 is 0 Å². The molecule has 290 valence electrons. The predicted octanol–water partition coefficient (Wildman–Crippen LogP) is 17.5. The van der Waals surface area contributed by atoms with Crippen LogP contribution in [0, 0.1) is 0 Å². The first kappa shape index (κ1) is 34.9. The van der Waals surface area contributed by atoms with Crippen LogP contribution in [0.5, 0.6) is 0 Å². The van der Waals surface area contributed by atoms with Crippen molar-refractivity contribution in [3.05, 3.63) is 212 Å². The summed E-state index contributed by atoms with van der Waals surface area (Å²) in [7, 11) is 0. The van der Waals surface area contributed by atoms with Crippen LogP contribution < -0.4 is 4.90 Å². The molecule has 0 saturated heterocycles. The number of benzene rings is 10. The zero-order valence-corrected chi connectivity index (χ0v) is 34.2. The average molecular weight is 810 g/mol. The summed E-state index contributed by atoms with van der Waals surface area (Å²) in [5.41, 5.74) is 13.2. The van der Waals surface area contributed by atoms with Gasteiger partial charge in [0.05, 0.1) is 5.69 Å². The van der Waals surface area contributed by atoms with Gasteiger partial charge < -0.3 is 13.7 Å². The van der Waals surface area contributed by atoms with Gasteiger partial charge in [0.1, 0.15) is 16.7 Å². The largest absolute Gasteiger partial charge is 0.456 e. The van der Waals surface area contributed by atoms with Gasteiger partial charge in [-0.2, -0.15) is 0 Å². The van der Waals surface area contributed by atoms with Gasteiger partial charge in [0.25, 0.3) is 0 Å². The van der Waals surface area contributed by atoms with Gasteiger partial charge in [0, 0.05) is 58.7 Å². The third-order valence-corrected chi connectivity index (χ3v) is 13.6. The summed E-state index contributed by atoms with van der Waals surface area (Å²) in [5, 5.41) is 9.42. The van der Waals surface area contributed by atoms with Gasteiger partial charge in [-0.05, 0) is 117 Å². The summed E-state index contributed by atoms with van der Waals surface area (Å²) in [6.07, 6.45) is 0. The quantitative estimate of drug-likeness (QED) is 0.168. The number of thiophene rings is 1. The second kappa shape index (κ2) is 13.8. The minimum atomic E-state index is 0.825. The molecule has 0 N–H and O–H groups in total. The van der Waals surface area contributed by atoms with E-state index >= 15 is 0 Å². The molecular weight excluding hydrogens is 775 g/mol. The summed E-state index contributed by atoms with van der Waals surface area (Å²) >= 11 is 1.85. The summed E-state index contributed by atoms with van der Waals surface area (Å²) in [5.74, 6) is 0. The molecular formula is C58H35NO2S. The maximum Gasteiger partial charge on any atom is 0.160 e. The van der Waals surface area contributed by atoms with Gasteiger partial charge in [-0.3, -0.25) is 0 Å². The molecule has 4 heteroatoms. The van der Waals surface area contributed by atoms with Gasteiger partial charge in [-0.25, -0.2) is 0 Å². The zero-order chi connectivity index (χ0) is 40.7. The number of para-hydroxylation sites is 2. The first-order valence-electron chi connectivity index (χ1n) is 21.0. The Morgan fingerprint density at radius 1 is 0.323 bits per heavy atom. The van der Waals surface area contributed by atoms with Gasteiger partial charge in [-0.15, -0.1) is 11.3 Å². The lowest BCUT2D eigenvalue weighted by Gasteiger charge is -2.28. The van der Waals surface area contributed by atoms with E-state index in [1.165, 1.54) is 42.1 Å². The molecule has 0 amide bonds. The SMILES string of the molecule is c1ccc2cc(-c3ccc(N(c4ccc(-c5ccc6sc7ccccc7c6c5)cc4)c4c(-c5ccc6c(c5)oc5ccccc56)ccc5c4oc4ccccc45)cc3)ccc2c1. The number of hydrogen-bond donors (Lipinski definition) is 0. The van der Waals surface area contributed by atoms with E-state index in [0.717, 1.165) is 83.2 Å². The normalized spacial score (nSPS) is 11.9. The molecule has 3 nitrogen and oxygen atoms in total. The minimum Gasteiger partial charge on any atom is -0.456 e. The van der Waals surface area contributed by atoms with E-state index in [-0.39, 0.29) is 0 Å². The number of rotatable bonds is 6. The lowest BCUT2D eigenvalue weighted by Crippen LogP contribution is -2.11. The highest BCUT2D eigenvalue weighted by molar-refractivity contribution is 7.25. The van der Waals surface area contributed by atoms with Crippen molar-refractivity contribution in [2.24, 2.45) is 0 Å². The molecule has 3 aromatic heterocycles. The van der Waals surface area contributed by atoms with Crippen LogP contribution in [-0.2, 0) is 0 Å². The van der Waals surface area contributed by atoms with E-state index in [0.29, 0.717) is 0 Å². The maximum absolute atomic E-state index is 6.94. The molecule has 13 aromatic rings. The molecule has 62 heavy (non-hydrogen) atoms. The maximum atomic E-state index is 6.94. The molecule has 0 spiro atoms. The second-order valence-electron chi connectivity index (χ2n) is 16.0. The van der Waals surface area contributed by atoms with Crippen LogP contribution >= 0.6 is 11.3 Å². The molecule has 13 rings (SSSR count). The van der Waals surface area contributed by atoms with E-state index in [4.69, 9.17) is 8.83 Å². The molecule has 0 bridgehead atoms. The van der Waals surface area contributed by atoms with Crippen LogP contribution in [0.15, 0.2) is 221 Å². The van der Waals surface area contributed by atoms with Crippen LogP contribution in [0.3, 0.4) is 0 Å². The Labute approximate surface area is 360 Å². The average Bonchev–Trinajstić information content (AvgIpc) is 4.03. The lowest BCUT2D eigenvalue weighted by atomic mass is 9.97. The van der Waals surface area contributed by atoms with Crippen LogP contribution in [0.1, 0.15) is 0 Å². The molecule has 0 unspecified atom stereocenters. The van der Waals surface area contributed by atoms with Crippen molar-refractivity contribution in [3.8, 4) is 33.4 Å². The van der Waals surface area contributed by atoms with E-state index in [2.05, 4.69) is 199 Å². The highest BCUT2D eigenvalue weighted by Crippen LogP contribution is 2.49. The molecule has 0 fully saturated rings. The van der Waals surface area contributed by atoms with E-state index < -0.39 is 0 Å². The number of hydrogen-bond acceptors (Lipinski definition) is 4. The topological polar surface area (TPSA) is 29.5 Å². The third-order valence-electron chi connectivity index (χ3n) is 12.5. The first-order chi connectivity index (χ1) is 30.7. The van der Waals surface area contributed by atoms with Crippen molar-refractivity contribution < 1.29 is 8.83 Å². The molecule has 0 aliphatic rings. The number of furan rings is 2. The molecule has 0 saturated carbocycles. The first-order valence-corrected chi connectivity index (χ1v) is 21.8. The number of fused-ring (bicyclic) bond motifs is 10. The van der Waals surface area contributed by atoms with Crippen LogP contribution in [0.4, 0.5) is 17.1 Å². The fraction of sp³-hybridized carbons (Fsp3) is 0. The van der Waals surface area contributed by atoms with E-state index in [1.54, 1.807) is 0 Å². The smallest absolute Gasteiger partial charge is 0.160 e. The van der Waals surface area contributed by atoms with Crippen molar-refractivity contribution in [3.63, 3.8) is 0 Å². The van der Waals surface area contributed by atoms with Crippen LogP contribution in [0.2, 0.25) is 0 Å². The van der Waals surface area contributed by atoms with E-state index in [1.807, 2.05) is 29.5 Å². The Kier molecular flexibility index (Phi) is 7.78. The molecule has 0 radical (unpaired) electrons. The second-order valence-corrected chi connectivity index (χ2v) is 17.1. The standard InChI is InChI=1S/C58H35NO2S/c1-2-10-39-33-40(18-17-36(39)9-1)37-19-25-43(26-20-37)59(44-27-21-38(22-28-44)41-24-32-56-51(34-41)49-13-5-8-16-55(49)62-56)57-45(30-31-50-47-12-4-7-15-53(47)61-58(50)57)42-23-29-48-46-11-3-6-14-52(46)60-54(48)35-42/h1-35H. The Morgan fingerprint density at radius 3 is 1.65 bits per heavy atom. The van der Waals surface area contributed by atoms with Crippen LogP contribution in [0.25, 0.3) is 108 Å². The van der Waals surface area contributed by atoms with Crippen molar-refractivity contribution in [2.75, 3.05) is 4.90 Å². The third kappa shape index (κ3) is 5.58. The van der Waals surface area contributed by atoms with Crippen molar-refractivity contribution in [1.82, 2.24) is 0 Å². The summed E-state index contributed by atoms with van der Waals surface area (Å²) in [6, 6.07) is 76.3. The monoisotopic (exact) mass is 809 g/mol. The Hall–Kier alpha value is -7.92. The Bertz CT molecular complexity index is 3870.